The number of carbonyl (C=O) groups is 1. The highest BCUT2D eigenvalue weighted by atomic mass is 19.4. The van der Waals surface area contributed by atoms with E-state index in [2.05, 4.69) is 10.5 Å². The van der Waals surface area contributed by atoms with Crippen LogP contribution in [-0.2, 0) is 11.0 Å². The standard InChI is InChI=1S/C20H15F3N2O2/c21-20(22,23)18-8-4-3-7-16(18)12-24-25-19(26)13-27-17-10-9-14-5-1-2-6-15(14)11-17/h1-12H,13H2,(H,25,26)/b24-12+. The summed E-state index contributed by atoms with van der Waals surface area (Å²) in [6.07, 6.45) is -3.54. The molecule has 0 aromatic heterocycles. The van der Waals surface area contributed by atoms with Gasteiger partial charge in [0.1, 0.15) is 5.75 Å². The Balaban J connectivity index is 1.57. The topological polar surface area (TPSA) is 50.7 Å². The fourth-order valence-electron chi connectivity index (χ4n) is 2.48. The van der Waals surface area contributed by atoms with Gasteiger partial charge in [-0.05, 0) is 29.0 Å². The zero-order valence-electron chi connectivity index (χ0n) is 14.0. The molecule has 7 heteroatoms. The molecule has 0 heterocycles. The Labute approximate surface area is 153 Å². The van der Waals surface area contributed by atoms with Gasteiger partial charge in [0, 0.05) is 5.56 Å². The van der Waals surface area contributed by atoms with Crippen LogP contribution >= 0.6 is 0 Å². The molecule has 1 amide bonds. The van der Waals surface area contributed by atoms with E-state index in [1.54, 1.807) is 12.1 Å². The van der Waals surface area contributed by atoms with Crippen LogP contribution in [0.4, 0.5) is 13.2 Å². The van der Waals surface area contributed by atoms with Gasteiger partial charge in [-0.15, -0.1) is 0 Å². The van der Waals surface area contributed by atoms with Crippen molar-refractivity contribution in [3.63, 3.8) is 0 Å². The highest BCUT2D eigenvalue weighted by molar-refractivity contribution is 5.85. The van der Waals surface area contributed by atoms with Crippen LogP contribution in [-0.4, -0.2) is 18.7 Å². The van der Waals surface area contributed by atoms with Gasteiger partial charge in [0.15, 0.2) is 6.61 Å². The lowest BCUT2D eigenvalue weighted by atomic mass is 10.1. The Morgan fingerprint density at radius 1 is 1.00 bits per heavy atom. The van der Waals surface area contributed by atoms with Crippen molar-refractivity contribution in [1.29, 1.82) is 0 Å². The molecule has 0 aliphatic carbocycles. The van der Waals surface area contributed by atoms with Gasteiger partial charge in [0.25, 0.3) is 5.91 Å². The van der Waals surface area contributed by atoms with Crippen molar-refractivity contribution in [2.24, 2.45) is 5.10 Å². The predicted octanol–water partition coefficient (Wildman–Crippen LogP) is 4.39. The van der Waals surface area contributed by atoms with Gasteiger partial charge in [-0.3, -0.25) is 4.79 Å². The first-order chi connectivity index (χ1) is 12.9. The molecule has 0 saturated heterocycles. The molecule has 0 saturated carbocycles. The summed E-state index contributed by atoms with van der Waals surface area (Å²) in [6, 6.07) is 18.1. The molecule has 3 aromatic carbocycles. The van der Waals surface area contributed by atoms with Gasteiger partial charge in [0.2, 0.25) is 0 Å². The van der Waals surface area contributed by atoms with Crippen molar-refractivity contribution < 1.29 is 22.7 Å². The van der Waals surface area contributed by atoms with E-state index < -0.39 is 17.6 Å². The third-order valence-electron chi connectivity index (χ3n) is 3.75. The third-order valence-corrected chi connectivity index (χ3v) is 3.75. The Morgan fingerprint density at radius 2 is 1.70 bits per heavy atom. The van der Waals surface area contributed by atoms with Crippen molar-refractivity contribution in [2.75, 3.05) is 6.61 Å². The van der Waals surface area contributed by atoms with E-state index in [4.69, 9.17) is 4.74 Å². The summed E-state index contributed by atoms with van der Waals surface area (Å²) in [5.41, 5.74) is 1.19. The van der Waals surface area contributed by atoms with Crippen LogP contribution in [0.15, 0.2) is 71.8 Å². The average molecular weight is 372 g/mol. The number of hydrazone groups is 1. The minimum Gasteiger partial charge on any atom is -0.484 e. The van der Waals surface area contributed by atoms with Crippen LogP contribution in [0.5, 0.6) is 5.75 Å². The second-order valence-corrected chi connectivity index (χ2v) is 5.68. The Bertz CT molecular complexity index is 984. The van der Waals surface area contributed by atoms with Gasteiger partial charge in [-0.1, -0.05) is 48.5 Å². The Hall–Kier alpha value is -3.35. The number of rotatable bonds is 5. The number of halogens is 3. The van der Waals surface area contributed by atoms with Crippen LogP contribution in [0.1, 0.15) is 11.1 Å². The molecule has 0 bridgehead atoms. The van der Waals surface area contributed by atoms with Crippen molar-refractivity contribution in [3.05, 3.63) is 77.9 Å². The number of ether oxygens (including phenoxy) is 1. The van der Waals surface area contributed by atoms with Gasteiger partial charge < -0.3 is 4.74 Å². The SMILES string of the molecule is O=C(COc1ccc2ccccc2c1)N/N=C/c1ccccc1C(F)(F)F. The second kappa shape index (κ2) is 7.90. The number of nitrogens with zero attached hydrogens (tertiary/aromatic N) is 1. The number of alkyl halides is 3. The molecule has 4 nitrogen and oxygen atoms in total. The molecule has 0 unspecified atom stereocenters. The molecule has 27 heavy (non-hydrogen) atoms. The number of carbonyl (C=O) groups excluding carboxylic acids is 1. The zero-order chi connectivity index (χ0) is 19.3. The number of nitrogens with one attached hydrogen (secondary N) is 1. The quantitative estimate of drug-likeness (QED) is 0.534. The maximum atomic E-state index is 12.9. The summed E-state index contributed by atoms with van der Waals surface area (Å²) < 4.78 is 44.0. The minimum absolute atomic E-state index is 0.138. The molecule has 138 valence electrons. The number of benzene rings is 3. The molecule has 0 fully saturated rings. The molecule has 3 rings (SSSR count). The Kier molecular flexibility index (Phi) is 5.40. The molecule has 0 aliphatic rings. The number of hydrogen-bond acceptors (Lipinski definition) is 3. The third kappa shape index (κ3) is 4.84. The van der Waals surface area contributed by atoms with Crippen LogP contribution in [0.3, 0.4) is 0 Å². The maximum Gasteiger partial charge on any atom is 0.417 e. The maximum absolute atomic E-state index is 12.9. The van der Waals surface area contributed by atoms with Crippen LogP contribution in [0, 0.1) is 0 Å². The highest BCUT2D eigenvalue weighted by Gasteiger charge is 2.32. The van der Waals surface area contributed by atoms with E-state index >= 15 is 0 Å². The molecule has 0 radical (unpaired) electrons. The second-order valence-electron chi connectivity index (χ2n) is 5.68. The van der Waals surface area contributed by atoms with Gasteiger partial charge >= 0.3 is 6.18 Å². The molecule has 3 aromatic rings. The van der Waals surface area contributed by atoms with Gasteiger partial charge in [-0.25, -0.2) is 5.43 Å². The van der Waals surface area contributed by atoms with Gasteiger partial charge in [0.05, 0.1) is 11.8 Å². The lowest BCUT2D eigenvalue weighted by molar-refractivity contribution is -0.137. The van der Waals surface area contributed by atoms with Crippen LogP contribution in [0.2, 0.25) is 0 Å². The molecular formula is C20H15F3N2O2. The van der Waals surface area contributed by atoms with Crippen molar-refractivity contribution in [2.45, 2.75) is 6.18 Å². The number of amides is 1. The van der Waals surface area contributed by atoms with E-state index in [9.17, 15) is 18.0 Å². The molecule has 0 spiro atoms. The summed E-state index contributed by atoms with van der Waals surface area (Å²) >= 11 is 0. The predicted molar refractivity (Wildman–Crippen MR) is 96.6 cm³/mol. The van der Waals surface area contributed by atoms with Gasteiger partial charge in [-0.2, -0.15) is 18.3 Å². The number of fused-ring (bicyclic) bond motifs is 1. The lowest BCUT2D eigenvalue weighted by Gasteiger charge is -2.09. The van der Waals surface area contributed by atoms with E-state index in [1.807, 2.05) is 30.3 Å². The fraction of sp³-hybridized carbons (Fsp3) is 0.100. The average Bonchev–Trinajstić information content (AvgIpc) is 2.66. The summed E-state index contributed by atoms with van der Waals surface area (Å²) in [5.74, 6) is -0.0702. The monoisotopic (exact) mass is 372 g/mol. The summed E-state index contributed by atoms with van der Waals surface area (Å²) in [6.45, 7) is -0.309. The lowest BCUT2D eigenvalue weighted by Crippen LogP contribution is -2.24. The fourth-order valence-corrected chi connectivity index (χ4v) is 2.48. The number of hydrogen-bond donors (Lipinski definition) is 1. The molecule has 0 atom stereocenters. The first kappa shape index (κ1) is 18.4. The zero-order valence-corrected chi connectivity index (χ0v) is 14.0. The molecule has 0 aliphatic heterocycles. The van der Waals surface area contributed by atoms with E-state index in [0.717, 1.165) is 23.1 Å². The first-order valence-corrected chi connectivity index (χ1v) is 8.03. The summed E-state index contributed by atoms with van der Waals surface area (Å²) in [5, 5.41) is 5.59. The van der Waals surface area contributed by atoms with E-state index in [-0.39, 0.29) is 12.2 Å². The largest absolute Gasteiger partial charge is 0.484 e. The highest BCUT2D eigenvalue weighted by Crippen LogP contribution is 2.31. The van der Waals surface area contributed by atoms with Crippen LogP contribution in [0.25, 0.3) is 10.8 Å². The molecular weight excluding hydrogens is 357 g/mol. The van der Waals surface area contributed by atoms with Crippen molar-refractivity contribution >= 4 is 22.9 Å². The van der Waals surface area contributed by atoms with E-state index in [0.29, 0.717) is 5.75 Å². The smallest absolute Gasteiger partial charge is 0.417 e. The first-order valence-electron chi connectivity index (χ1n) is 8.03. The Morgan fingerprint density at radius 3 is 2.48 bits per heavy atom. The van der Waals surface area contributed by atoms with Crippen LogP contribution < -0.4 is 10.2 Å². The summed E-state index contributed by atoms with van der Waals surface area (Å²) in [4.78, 5) is 11.8. The van der Waals surface area contributed by atoms with Crippen molar-refractivity contribution in [1.82, 2.24) is 5.43 Å². The van der Waals surface area contributed by atoms with E-state index in [1.165, 1.54) is 18.2 Å². The summed E-state index contributed by atoms with van der Waals surface area (Å²) in [7, 11) is 0. The normalized spacial score (nSPS) is 11.7. The minimum atomic E-state index is -4.49. The molecule has 1 N–H and O–H groups in total. The van der Waals surface area contributed by atoms with Crippen molar-refractivity contribution in [3.8, 4) is 5.75 Å².